The van der Waals surface area contributed by atoms with Crippen molar-refractivity contribution in [2.45, 2.75) is 52.0 Å². The second kappa shape index (κ2) is 11.3. The van der Waals surface area contributed by atoms with Crippen LogP contribution in [0.1, 0.15) is 50.2 Å². The van der Waals surface area contributed by atoms with E-state index in [9.17, 15) is 9.18 Å². The number of pyridine rings is 2. The fourth-order valence-electron chi connectivity index (χ4n) is 4.13. The lowest BCUT2D eigenvalue weighted by atomic mass is 10.0. The van der Waals surface area contributed by atoms with Gasteiger partial charge in [0.2, 0.25) is 0 Å². The number of carbonyl (C=O) groups is 1. The van der Waals surface area contributed by atoms with E-state index in [0.717, 1.165) is 52.3 Å². The Labute approximate surface area is 214 Å². The zero-order chi connectivity index (χ0) is 24.9. The zero-order valence-electron chi connectivity index (χ0n) is 20.4. The molecule has 3 heterocycles. The number of thiophene rings is 1. The number of rotatable bonds is 12. The van der Waals surface area contributed by atoms with Crippen LogP contribution in [-0.4, -0.2) is 22.3 Å². The predicted molar refractivity (Wildman–Crippen MR) is 142 cm³/mol. The summed E-state index contributed by atoms with van der Waals surface area (Å²) in [6, 6.07) is 12.6. The summed E-state index contributed by atoms with van der Waals surface area (Å²) in [6.45, 7) is 3.99. The van der Waals surface area contributed by atoms with E-state index in [2.05, 4.69) is 28.3 Å². The van der Waals surface area contributed by atoms with Crippen molar-refractivity contribution in [3.63, 3.8) is 0 Å². The molecule has 1 N–H and O–H groups in total. The molecule has 7 heteroatoms. The van der Waals surface area contributed by atoms with Crippen molar-refractivity contribution in [2.24, 2.45) is 5.92 Å². The summed E-state index contributed by atoms with van der Waals surface area (Å²) in [6.07, 6.45) is 9.04. The molecule has 1 aromatic carbocycles. The minimum Gasteiger partial charge on any atom is -0.453 e. The number of nitrogens with one attached hydrogen (secondary N) is 1. The smallest absolute Gasteiger partial charge is 0.166 e. The predicted octanol–water partition coefficient (Wildman–Crippen LogP) is 7.09. The summed E-state index contributed by atoms with van der Waals surface area (Å²) < 4.78 is 21.6. The molecule has 0 unspecified atom stereocenters. The van der Waals surface area contributed by atoms with Gasteiger partial charge in [-0.05, 0) is 67.1 Å². The lowest BCUT2D eigenvalue weighted by Gasteiger charge is -2.09. The third kappa shape index (κ3) is 6.15. The number of Topliss-reactive ketones (excluding diaryl/α,β-unsaturated/α-hetero) is 1. The average Bonchev–Trinajstić information content (AvgIpc) is 3.57. The number of hydrogen-bond acceptors (Lipinski definition) is 6. The monoisotopic (exact) mass is 503 g/mol. The van der Waals surface area contributed by atoms with Gasteiger partial charge in [-0.3, -0.25) is 14.8 Å². The molecular formula is C29H30FN3O2S. The van der Waals surface area contributed by atoms with E-state index in [-0.39, 0.29) is 18.0 Å². The lowest BCUT2D eigenvalue weighted by molar-refractivity contribution is -0.118. The van der Waals surface area contributed by atoms with Crippen LogP contribution in [0.3, 0.4) is 0 Å². The highest BCUT2D eigenvalue weighted by Gasteiger charge is 2.24. The number of hydrogen-bond donors (Lipinski definition) is 1. The second-order valence-corrected chi connectivity index (χ2v) is 10.5. The van der Waals surface area contributed by atoms with Crippen LogP contribution in [0.25, 0.3) is 20.8 Å². The molecule has 5 rings (SSSR count). The van der Waals surface area contributed by atoms with E-state index in [1.807, 2.05) is 18.3 Å². The standard InChI is InChI=1S/C29H30FN3O2S/c1-2-3-11-31-17-21-6-8-24(33-18-21)28-16-25-29(36-28)27(10-12-32-25)35-26-9-7-20(15-23(26)30)14-22(34)13-19-4-5-19/h6-10,12,15-16,18-19,31H,2-5,11,13-14,17H2,1H3. The van der Waals surface area contributed by atoms with Gasteiger partial charge in [0.05, 0.1) is 20.8 Å². The highest BCUT2D eigenvalue weighted by atomic mass is 32.1. The van der Waals surface area contributed by atoms with E-state index >= 15 is 0 Å². The number of benzene rings is 1. The Bertz CT molecular complexity index is 1350. The van der Waals surface area contributed by atoms with Gasteiger partial charge in [-0.25, -0.2) is 4.39 Å². The van der Waals surface area contributed by atoms with Crippen LogP contribution in [0.15, 0.2) is 54.9 Å². The first-order chi connectivity index (χ1) is 17.6. The number of ketones is 1. The van der Waals surface area contributed by atoms with Crippen molar-refractivity contribution in [3.05, 3.63) is 71.8 Å². The summed E-state index contributed by atoms with van der Waals surface area (Å²) in [5.41, 5.74) is 3.47. The van der Waals surface area contributed by atoms with Crippen molar-refractivity contribution in [1.29, 1.82) is 0 Å². The van der Waals surface area contributed by atoms with Gasteiger partial charge in [0, 0.05) is 37.8 Å². The van der Waals surface area contributed by atoms with Crippen molar-refractivity contribution >= 4 is 27.3 Å². The second-order valence-electron chi connectivity index (χ2n) is 9.45. The molecule has 0 saturated heterocycles. The van der Waals surface area contributed by atoms with Crippen molar-refractivity contribution in [1.82, 2.24) is 15.3 Å². The maximum atomic E-state index is 14.8. The molecule has 1 fully saturated rings. The molecule has 0 radical (unpaired) electrons. The number of nitrogens with zero attached hydrogens (tertiary/aromatic N) is 2. The van der Waals surface area contributed by atoms with Gasteiger partial charge >= 0.3 is 0 Å². The van der Waals surface area contributed by atoms with Gasteiger partial charge in [-0.1, -0.05) is 25.5 Å². The van der Waals surface area contributed by atoms with Crippen LogP contribution >= 0.6 is 11.3 Å². The summed E-state index contributed by atoms with van der Waals surface area (Å²) in [4.78, 5) is 22.2. The van der Waals surface area contributed by atoms with E-state index in [0.29, 0.717) is 23.7 Å². The van der Waals surface area contributed by atoms with Crippen LogP contribution in [0, 0.1) is 11.7 Å². The number of ether oxygens (including phenoxy) is 1. The van der Waals surface area contributed by atoms with E-state index in [4.69, 9.17) is 4.74 Å². The molecular weight excluding hydrogens is 473 g/mol. The topological polar surface area (TPSA) is 64.1 Å². The molecule has 186 valence electrons. The van der Waals surface area contributed by atoms with E-state index < -0.39 is 5.82 Å². The minimum absolute atomic E-state index is 0.133. The number of halogens is 1. The zero-order valence-corrected chi connectivity index (χ0v) is 21.2. The molecule has 1 aliphatic rings. The Kier molecular flexibility index (Phi) is 7.68. The molecule has 0 bridgehead atoms. The number of aromatic nitrogens is 2. The molecule has 1 aliphatic carbocycles. The number of carbonyl (C=O) groups excluding carboxylic acids is 1. The third-order valence-corrected chi connectivity index (χ3v) is 7.48. The Balaban J connectivity index is 1.29. The SMILES string of the molecule is CCCCNCc1ccc(-c2cc3nccc(Oc4ccc(CC(=O)CC5CC5)cc4F)c3s2)nc1. The Morgan fingerprint density at radius 2 is 1.97 bits per heavy atom. The van der Waals surface area contributed by atoms with Gasteiger partial charge in [-0.15, -0.1) is 11.3 Å². The summed E-state index contributed by atoms with van der Waals surface area (Å²) >= 11 is 1.52. The molecule has 0 atom stereocenters. The number of unbranched alkanes of at least 4 members (excludes halogenated alkanes) is 1. The first-order valence-electron chi connectivity index (χ1n) is 12.6. The van der Waals surface area contributed by atoms with Gasteiger partial charge in [-0.2, -0.15) is 0 Å². The summed E-state index contributed by atoms with van der Waals surface area (Å²) in [7, 11) is 0. The Morgan fingerprint density at radius 1 is 1.11 bits per heavy atom. The fourth-order valence-corrected chi connectivity index (χ4v) is 5.17. The molecule has 1 saturated carbocycles. The van der Waals surface area contributed by atoms with Crippen LogP contribution in [0.4, 0.5) is 4.39 Å². The Morgan fingerprint density at radius 3 is 2.72 bits per heavy atom. The molecule has 3 aromatic heterocycles. The van der Waals surface area contributed by atoms with Crippen LogP contribution < -0.4 is 10.1 Å². The quantitative estimate of drug-likeness (QED) is 0.209. The molecule has 5 nitrogen and oxygen atoms in total. The van der Waals surface area contributed by atoms with Gasteiger partial charge in [0.15, 0.2) is 11.6 Å². The van der Waals surface area contributed by atoms with Gasteiger partial charge < -0.3 is 10.1 Å². The first kappa shape index (κ1) is 24.5. The van der Waals surface area contributed by atoms with E-state index in [1.165, 1.54) is 30.2 Å². The number of fused-ring (bicyclic) bond motifs is 1. The normalized spacial score (nSPS) is 13.3. The molecule has 0 aliphatic heterocycles. The van der Waals surface area contributed by atoms with E-state index in [1.54, 1.807) is 24.4 Å². The minimum atomic E-state index is -0.474. The highest BCUT2D eigenvalue weighted by molar-refractivity contribution is 7.22. The van der Waals surface area contributed by atoms with Crippen molar-refractivity contribution in [3.8, 4) is 22.1 Å². The molecule has 0 spiro atoms. The lowest BCUT2D eigenvalue weighted by Crippen LogP contribution is -2.14. The van der Waals surface area contributed by atoms with Crippen molar-refractivity contribution < 1.29 is 13.9 Å². The Hall–Kier alpha value is -3.16. The molecule has 0 amide bonds. The molecule has 4 aromatic rings. The first-order valence-corrected chi connectivity index (χ1v) is 13.4. The molecule has 36 heavy (non-hydrogen) atoms. The highest BCUT2D eigenvalue weighted by Crippen LogP contribution is 2.39. The summed E-state index contributed by atoms with van der Waals surface area (Å²) in [5.74, 6) is 0.911. The fraction of sp³-hybridized carbons (Fsp3) is 0.345. The van der Waals surface area contributed by atoms with Gasteiger partial charge in [0.25, 0.3) is 0 Å². The van der Waals surface area contributed by atoms with Crippen LogP contribution in [0.5, 0.6) is 11.5 Å². The van der Waals surface area contributed by atoms with Crippen molar-refractivity contribution in [2.75, 3.05) is 6.54 Å². The largest absolute Gasteiger partial charge is 0.453 e. The van der Waals surface area contributed by atoms with Crippen LogP contribution in [0.2, 0.25) is 0 Å². The van der Waals surface area contributed by atoms with Crippen LogP contribution in [-0.2, 0) is 17.8 Å². The summed E-state index contributed by atoms with van der Waals surface area (Å²) in [5, 5.41) is 3.43. The maximum Gasteiger partial charge on any atom is 0.166 e. The maximum absolute atomic E-state index is 14.8. The average molecular weight is 504 g/mol. The van der Waals surface area contributed by atoms with Gasteiger partial charge in [0.1, 0.15) is 11.5 Å². The third-order valence-electron chi connectivity index (χ3n) is 6.32.